The summed E-state index contributed by atoms with van der Waals surface area (Å²) in [6.45, 7) is 1.01. The molecule has 0 aromatic heterocycles. The number of amides is 1. The van der Waals surface area contributed by atoms with Crippen molar-refractivity contribution in [1.82, 2.24) is 4.90 Å². The first-order valence-electron chi connectivity index (χ1n) is 7.57. The van der Waals surface area contributed by atoms with Crippen LogP contribution in [0, 0.1) is 0 Å². The summed E-state index contributed by atoms with van der Waals surface area (Å²) in [4.78, 5) is 14.2. The molecule has 0 aliphatic carbocycles. The second-order valence-corrected chi connectivity index (χ2v) is 5.52. The normalized spacial score (nSPS) is 17.5. The van der Waals surface area contributed by atoms with Crippen LogP contribution in [0.25, 0.3) is 0 Å². The number of nitrogens with zero attached hydrogens (tertiary/aromatic N) is 1. The van der Waals surface area contributed by atoms with Gasteiger partial charge < -0.3 is 15.4 Å². The van der Waals surface area contributed by atoms with Crippen molar-refractivity contribution in [3.05, 3.63) is 65.7 Å². The molecule has 22 heavy (non-hydrogen) atoms. The highest BCUT2D eigenvalue weighted by atomic mass is 16.6. The maximum Gasteiger partial charge on any atom is 0.410 e. The number of nitrogen functional groups attached to an aromatic ring is 1. The third-order valence-corrected chi connectivity index (χ3v) is 4.05. The molecule has 1 fully saturated rings. The summed E-state index contributed by atoms with van der Waals surface area (Å²) in [5.41, 5.74) is 8.78. The van der Waals surface area contributed by atoms with Crippen molar-refractivity contribution >= 4 is 11.8 Å². The van der Waals surface area contributed by atoms with Gasteiger partial charge in [-0.15, -0.1) is 0 Å². The summed E-state index contributed by atoms with van der Waals surface area (Å²) in [6.07, 6.45) is 1.63. The van der Waals surface area contributed by atoms with Gasteiger partial charge in [0.15, 0.2) is 0 Å². The van der Waals surface area contributed by atoms with Gasteiger partial charge in [-0.3, -0.25) is 0 Å². The number of hydrogen-bond donors (Lipinski definition) is 1. The Balaban J connectivity index is 1.68. The fraction of sp³-hybridized carbons (Fsp3) is 0.278. The van der Waals surface area contributed by atoms with Gasteiger partial charge in [-0.1, -0.05) is 48.5 Å². The van der Waals surface area contributed by atoms with Crippen molar-refractivity contribution in [2.45, 2.75) is 25.5 Å². The molecule has 1 saturated heterocycles. The zero-order valence-electron chi connectivity index (χ0n) is 12.4. The van der Waals surface area contributed by atoms with Crippen molar-refractivity contribution in [2.24, 2.45) is 0 Å². The molecule has 0 spiro atoms. The number of hydrogen-bond acceptors (Lipinski definition) is 3. The highest BCUT2D eigenvalue weighted by Crippen LogP contribution is 2.35. The van der Waals surface area contributed by atoms with E-state index < -0.39 is 0 Å². The monoisotopic (exact) mass is 296 g/mol. The molecule has 1 amide bonds. The maximum atomic E-state index is 12.4. The Kier molecular flexibility index (Phi) is 4.28. The third kappa shape index (κ3) is 3.06. The number of carbonyl (C=O) groups is 1. The van der Waals surface area contributed by atoms with Crippen LogP contribution in [0.3, 0.4) is 0 Å². The Hall–Kier alpha value is -2.49. The molecular weight excluding hydrogens is 276 g/mol. The third-order valence-electron chi connectivity index (χ3n) is 4.05. The average molecular weight is 296 g/mol. The average Bonchev–Trinajstić information content (AvgIpc) is 3.03. The molecule has 4 heteroatoms. The molecule has 1 aliphatic heterocycles. The molecule has 0 saturated carbocycles. The smallest absolute Gasteiger partial charge is 0.410 e. The van der Waals surface area contributed by atoms with Crippen LogP contribution < -0.4 is 5.73 Å². The van der Waals surface area contributed by atoms with Crippen LogP contribution in [0.1, 0.15) is 30.0 Å². The van der Waals surface area contributed by atoms with E-state index in [4.69, 9.17) is 10.5 Å². The zero-order valence-corrected chi connectivity index (χ0v) is 12.4. The second kappa shape index (κ2) is 6.52. The van der Waals surface area contributed by atoms with Crippen LogP contribution in [-0.2, 0) is 11.3 Å². The van der Waals surface area contributed by atoms with Gasteiger partial charge in [-0.25, -0.2) is 4.79 Å². The molecule has 2 aromatic rings. The van der Waals surface area contributed by atoms with Crippen LogP contribution in [0.15, 0.2) is 54.6 Å². The van der Waals surface area contributed by atoms with Gasteiger partial charge in [-0.2, -0.15) is 0 Å². The van der Waals surface area contributed by atoms with Gasteiger partial charge in [0, 0.05) is 12.2 Å². The zero-order chi connectivity index (χ0) is 15.4. The van der Waals surface area contributed by atoms with E-state index in [1.165, 1.54) is 0 Å². The fourth-order valence-electron chi connectivity index (χ4n) is 2.93. The summed E-state index contributed by atoms with van der Waals surface area (Å²) in [7, 11) is 0. The van der Waals surface area contributed by atoms with Gasteiger partial charge in [0.25, 0.3) is 0 Å². The molecule has 1 unspecified atom stereocenters. The summed E-state index contributed by atoms with van der Waals surface area (Å²) in [6, 6.07) is 17.5. The minimum Gasteiger partial charge on any atom is -0.445 e. The van der Waals surface area contributed by atoms with Gasteiger partial charge in [0.2, 0.25) is 0 Å². The van der Waals surface area contributed by atoms with E-state index in [2.05, 4.69) is 0 Å². The number of anilines is 1. The molecule has 0 bridgehead atoms. The van der Waals surface area contributed by atoms with E-state index in [1.54, 1.807) is 4.90 Å². The van der Waals surface area contributed by atoms with Crippen LogP contribution in [0.5, 0.6) is 0 Å². The van der Waals surface area contributed by atoms with Crippen molar-refractivity contribution in [3.8, 4) is 0 Å². The van der Waals surface area contributed by atoms with Crippen LogP contribution >= 0.6 is 0 Å². The standard InChI is InChI=1S/C18H20N2O2/c19-16-10-5-4-9-15(16)17-11-6-12-20(17)18(21)22-13-14-7-2-1-3-8-14/h1-5,7-10,17H,6,11-13,19H2. The molecule has 1 aliphatic rings. The summed E-state index contributed by atoms with van der Waals surface area (Å²) < 4.78 is 5.45. The van der Waals surface area contributed by atoms with E-state index in [-0.39, 0.29) is 12.1 Å². The van der Waals surface area contributed by atoms with Gasteiger partial charge in [0.05, 0.1) is 6.04 Å². The SMILES string of the molecule is Nc1ccccc1C1CCCN1C(=O)OCc1ccccc1. The highest BCUT2D eigenvalue weighted by molar-refractivity contribution is 5.69. The van der Waals surface area contributed by atoms with E-state index in [1.807, 2.05) is 54.6 Å². The molecule has 2 N–H and O–H groups in total. The summed E-state index contributed by atoms with van der Waals surface area (Å²) in [5.74, 6) is 0. The Morgan fingerprint density at radius 1 is 1.14 bits per heavy atom. The van der Waals surface area contributed by atoms with E-state index in [9.17, 15) is 4.79 Å². The number of nitrogens with two attached hydrogens (primary N) is 1. The topological polar surface area (TPSA) is 55.6 Å². The van der Waals surface area contributed by atoms with Crippen molar-refractivity contribution in [1.29, 1.82) is 0 Å². The lowest BCUT2D eigenvalue weighted by Crippen LogP contribution is -2.31. The number of benzene rings is 2. The van der Waals surface area contributed by atoms with Crippen LogP contribution in [0.2, 0.25) is 0 Å². The lowest BCUT2D eigenvalue weighted by molar-refractivity contribution is 0.0922. The Morgan fingerprint density at radius 3 is 2.64 bits per heavy atom. The Morgan fingerprint density at radius 2 is 1.86 bits per heavy atom. The van der Waals surface area contributed by atoms with E-state index in [0.717, 1.165) is 29.7 Å². The maximum absolute atomic E-state index is 12.4. The molecule has 3 rings (SSSR count). The summed E-state index contributed by atoms with van der Waals surface area (Å²) >= 11 is 0. The molecule has 114 valence electrons. The van der Waals surface area contributed by atoms with Crippen molar-refractivity contribution in [3.63, 3.8) is 0 Å². The number of carbonyl (C=O) groups excluding carboxylic acids is 1. The van der Waals surface area contributed by atoms with Crippen LogP contribution in [-0.4, -0.2) is 17.5 Å². The number of ether oxygens (including phenoxy) is 1. The summed E-state index contributed by atoms with van der Waals surface area (Å²) in [5, 5.41) is 0. The molecule has 0 radical (unpaired) electrons. The number of para-hydroxylation sites is 1. The van der Waals surface area contributed by atoms with E-state index >= 15 is 0 Å². The predicted octanol–water partition coefficient (Wildman–Crippen LogP) is 3.74. The minimum absolute atomic E-state index is 0.0180. The highest BCUT2D eigenvalue weighted by Gasteiger charge is 2.32. The van der Waals surface area contributed by atoms with Gasteiger partial charge in [0.1, 0.15) is 6.61 Å². The van der Waals surface area contributed by atoms with Crippen molar-refractivity contribution < 1.29 is 9.53 Å². The van der Waals surface area contributed by atoms with Gasteiger partial charge in [-0.05, 0) is 30.0 Å². The minimum atomic E-state index is -0.269. The Labute approximate surface area is 130 Å². The second-order valence-electron chi connectivity index (χ2n) is 5.52. The molecule has 1 heterocycles. The number of rotatable bonds is 3. The molecule has 2 aromatic carbocycles. The number of likely N-dealkylation sites (tertiary alicyclic amines) is 1. The first kappa shape index (κ1) is 14.4. The van der Waals surface area contributed by atoms with E-state index in [0.29, 0.717) is 13.2 Å². The van der Waals surface area contributed by atoms with Crippen molar-refractivity contribution in [2.75, 3.05) is 12.3 Å². The lowest BCUT2D eigenvalue weighted by Gasteiger charge is -2.25. The van der Waals surface area contributed by atoms with Crippen LogP contribution in [0.4, 0.5) is 10.5 Å². The molecule has 1 atom stereocenters. The first-order valence-corrected chi connectivity index (χ1v) is 7.57. The van der Waals surface area contributed by atoms with Gasteiger partial charge >= 0.3 is 6.09 Å². The fourth-order valence-corrected chi connectivity index (χ4v) is 2.93. The first-order chi connectivity index (χ1) is 10.8. The molecular formula is C18H20N2O2. The lowest BCUT2D eigenvalue weighted by atomic mass is 10.0. The largest absolute Gasteiger partial charge is 0.445 e. The Bertz CT molecular complexity index is 643. The molecule has 4 nitrogen and oxygen atoms in total. The predicted molar refractivity (Wildman–Crippen MR) is 86.2 cm³/mol. The quantitative estimate of drug-likeness (QED) is 0.878.